The van der Waals surface area contributed by atoms with E-state index in [9.17, 15) is 14.9 Å². The average Bonchev–Trinajstić information content (AvgIpc) is 3.01. The molecule has 1 heterocycles. The molecule has 0 aliphatic carbocycles. The molecule has 2 aromatic rings. The highest BCUT2D eigenvalue weighted by atomic mass is 16.6. The lowest BCUT2D eigenvalue weighted by molar-refractivity contribution is -0.385. The summed E-state index contributed by atoms with van der Waals surface area (Å²) in [6.45, 7) is 6.26. The molecule has 2 aromatic carbocycles. The number of rotatable bonds is 5. The topological polar surface area (TPSA) is 72.7 Å². The third-order valence-electron chi connectivity index (χ3n) is 4.69. The zero-order chi connectivity index (χ0) is 18.8. The molecule has 136 valence electrons. The van der Waals surface area contributed by atoms with Crippen molar-refractivity contribution in [3.63, 3.8) is 0 Å². The van der Waals surface area contributed by atoms with Gasteiger partial charge in [-0.2, -0.15) is 0 Å². The van der Waals surface area contributed by atoms with Crippen LogP contribution < -0.4 is 4.90 Å². The van der Waals surface area contributed by atoms with Crippen LogP contribution in [0.25, 0.3) is 0 Å². The summed E-state index contributed by atoms with van der Waals surface area (Å²) < 4.78 is 5.22. The Balaban J connectivity index is 2.08. The monoisotopic (exact) mass is 354 g/mol. The van der Waals surface area contributed by atoms with Crippen LogP contribution in [0, 0.1) is 10.1 Å². The number of ether oxygens (including phenoxy) is 1. The fourth-order valence-corrected chi connectivity index (χ4v) is 3.39. The average molecular weight is 354 g/mol. The van der Waals surface area contributed by atoms with Gasteiger partial charge in [-0.25, -0.2) is 4.79 Å². The summed E-state index contributed by atoms with van der Waals surface area (Å²) in [5.41, 5.74) is 3.32. The Labute approximate surface area is 152 Å². The summed E-state index contributed by atoms with van der Waals surface area (Å²) in [5.74, 6) is 0.0304. The maximum atomic E-state index is 12.5. The minimum absolute atomic E-state index is 0.0399. The number of nitrogens with zero attached hydrogens (tertiary/aromatic N) is 2. The number of anilines is 2. The molecule has 26 heavy (non-hydrogen) atoms. The number of nitro benzene ring substituents is 1. The zero-order valence-electron chi connectivity index (χ0n) is 15.1. The molecule has 0 N–H and O–H groups in total. The Hall–Kier alpha value is -2.89. The van der Waals surface area contributed by atoms with E-state index in [2.05, 4.69) is 13.8 Å². The van der Waals surface area contributed by atoms with Crippen LogP contribution in [0.15, 0.2) is 42.5 Å². The number of esters is 1. The molecule has 1 aliphatic rings. The van der Waals surface area contributed by atoms with Gasteiger partial charge in [0.15, 0.2) is 0 Å². The number of carbonyl (C=O) groups is 1. The van der Waals surface area contributed by atoms with Crippen LogP contribution in [0.2, 0.25) is 0 Å². The number of carbonyl (C=O) groups excluding carboxylic acids is 1. The van der Waals surface area contributed by atoms with Crippen molar-refractivity contribution in [2.75, 3.05) is 11.5 Å². The highest BCUT2D eigenvalue weighted by molar-refractivity contribution is 5.89. The van der Waals surface area contributed by atoms with Crippen molar-refractivity contribution in [1.82, 2.24) is 0 Å². The molecule has 0 radical (unpaired) electrons. The molecule has 6 heteroatoms. The molecule has 0 aromatic heterocycles. The first-order chi connectivity index (χ1) is 12.4. The Kier molecular flexibility index (Phi) is 4.93. The van der Waals surface area contributed by atoms with E-state index in [1.54, 1.807) is 13.0 Å². The predicted octanol–water partition coefficient (Wildman–Crippen LogP) is 4.34. The van der Waals surface area contributed by atoms with Gasteiger partial charge in [-0.1, -0.05) is 32.0 Å². The van der Waals surface area contributed by atoms with Crippen molar-refractivity contribution < 1.29 is 14.5 Å². The van der Waals surface area contributed by atoms with Crippen molar-refractivity contribution in [3.05, 3.63) is 63.7 Å². The molecule has 1 atom stereocenters. The standard InChI is InChI=1S/C20H22N2O4/c1-4-26-20(23)19-12-16-17(6-5-7-18(16)22(24)25)21(19)15-10-8-14(9-11-15)13(2)3/h5-11,13,19H,4,12H2,1-3H3. The van der Waals surface area contributed by atoms with E-state index in [-0.39, 0.29) is 24.7 Å². The lowest BCUT2D eigenvalue weighted by Crippen LogP contribution is -2.36. The lowest BCUT2D eigenvalue weighted by Gasteiger charge is -2.26. The van der Waals surface area contributed by atoms with Crippen molar-refractivity contribution >= 4 is 23.0 Å². The fourth-order valence-electron chi connectivity index (χ4n) is 3.39. The van der Waals surface area contributed by atoms with E-state index in [1.807, 2.05) is 35.2 Å². The van der Waals surface area contributed by atoms with E-state index in [1.165, 1.54) is 11.6 Å². The van der Waals surface area contributed by atoms with Crippen LogP contribution in [0.5, 0.6) is 0 Å². The van der Waals surface area contributed by atoms with Gasteiger partial charge in [-0.05, 0) is 36.6 Å². The van der Waals surface area contributed by atoms with Crippen molar-refractivity contribution in [3.8, 4) is 0 Å². The molecule has 3 rings (SSSR count). The van der Waals surface area contributed by atoms with Crippen molar-refractivity contribution in [2.24, 2.45) is 0 Å². The number of hydrogen-bond donors (Lipinski definition) is 0. The summed E-state index contributed by atoms with van der Waals surface area (Å²) in [4.78, 5) is 25.4. The second kappa shape index (κ2) is 7.15. The van der Waals surface area contributed by atoms with Crippen molar-refractivity contribution in [2.45, 2.75) is 39.2 Å². The molecule has 1 unspecified atom stereocenters. The molecule has 0 fully saturated rings. The molecule has 0 saturated carbocycles. The van der Waals surface area contributed by atoms with E-state index >= 15 is 0 Å². The summed E-state index contributed by atoms with van der Waals surface area (Å²) in [7, 11) is 0. The maximum absolute atomic E-state index is 12.5. The number of fused-ring (bicyclic) bond motifs is 1. The molecule has 0 spiro atoms. The molecule has 6 nitrogen and oxygen atoms in total. The Bertz CT molecular complexity index is 830. The van der Waals surface area contributed by atoms with Crippen LogP contribution in [-0.2, 0) is 16.0 Å². The van der Waals surface area contributed by atoms with Gasteiger partial charge in [0.1, 0.15) is 6.04 Å². The fraction of sp³-hybridized carbons (Fsp3) is 0.350. The van der Waals surface area contributed by atoms with Crippen LogP contribution in [0.4, 0.5) is 17.1 Å². The second-order valence-corrected chi connectivity index (χ2v) is 6.62. The van der Waals surface area contributed by atoms with Crippen molar-refractivity contribution in [1.29, 1.82) is 0 Å². The quantitative estimate of drug-likeness (QED) is 0.453. The van der Waals surface area contributed by atoms with Crippen LogP contribution in [0.3, 0.4) is 0 Å². The summed E-state index contributed by atoms with van der Waals surface area (Å²) in [6, 6.07) is 12.3. The number of benzene rings is 2. The van der Waals surface area contributed by atoms with Gasteiger partial charge in [0.25, 0.3) is 5.69 Å². The second-order valence-electron chi connectivity index (χ2n) is 6.62. The minimum Gasteiger partial charge on any atom is -0.464 e. The van der Waals surface area contributed by atoms with Crippen LogP contribution >= 0.6 is 0 Å². The highest BCUT2D eigenvalue weighted by Crippen LogP contribution is 2.43. The lowest BCUT2D eigenvalue weighted by atomic mass is 10.0. The normalized spacial score (nSPS) is 15.8. The summed E-state index contributed by atoms with van der Waals surface area (Å²) >= 11 is 0. The van der Waals surface area contributed by atoms with Gasteiger partial charge in [0, 0.05) is 18.2 Å². The van der Waals surface area contributed by atoms with E-state index in [0.29, 0.717) is 17.2 Å². The Morgan fingerprint density at radius 2 is 1.96 bits per heavy atom. The zero-order valence-corrected chi connectivity index (χ0v) is 15.1. The third kappa shape index (κ3) is 3.14. The number of hydrogen-bond acceptors (Lipinski definition) is 5. The van der Waals surface area contributed by atoms with E-state index < -0.39 is 11.0 Å². The first kappa shape index (κ1) is 17.9. The molecule has 0 saturated heterocycles. The van der Waals surface area contributed by atoms with Crippen LogP contribution in [-0.4, -0.2) is 23.5 Å². The Morgan fingerprint density at radius 1 is 1.27 bits per heavy atom. The summed E-state index contributed by atoms with van der Waals surface area (Å²) in [5, 5.41) is 11.4. The van der Waals surface area contributed by atoms with Gasteiger partial charge < -0.3 is 9.64 Å². The molecular formula is C20H22N2O4. The van der Waals surface area contributed by atoms with Gasteiger partial charge in [-0.3, -0.25) is 10.1 Å². The smallest absolute Gasteiger partial charge is 0.329 e. The first-order valence-electron chi connectivity index (χ1n) is 8.76. The Morgan fingerprint density at radius 3 is 2.54 bits per heavy atom. The SMILES string of the molecule is CCOC(=O)C1Cc2c(cccc2[N+](=O)[O-])N1c1ccc(C(C)C)cc1. The highest BCUT2D eigenvalue weighted by Gasteiger charge is 2.40. The van der Waals surface area contributed by atoms with E-state index in [4.69, 9.17) is 4.74 Å². The third-order valence-corrected chi connectivity index (χ3v) is 4.69. The molecule has 0 amide bonds. The maximum Gasteiger partial charge on any atom is 0.329 e. The van der Waals surface area contributed by atoms with Gasteiger partial charge in [0.05, 0.1) is 22.8 Å². The van der Waals surface area contributed by atoms with Gasteiger partial charge in [-0.15, -0.1) is 0 Å². The van der Waals surface area contributed by atoms with E-state index in [0.717, 1.165) is 5.69 Å². The van der Waals surface area contributed by atoms with Gasteiger partial charge >= 0.3 is 5.97 Å². The molecular weight excluding hydrogens is 332 g/mol. The first-order valence-corrected chi connectivity index (χ1v) is 8.76. The number of nitro groups is 1. The molecule has 0 bridgehead atoms. The largest absolute Gasteiger partial charge is 0.464 e. The van der Waals surface area contributed by atoms with Crippen LogP contribution in [0.1, 0.15) is 37.8 Å². The summed E-state index contributed by atoms with van der Waals surface area (Å²) in [6.07, 6.45) is 0.261. The predicted molar refractivity (Wildman–Crippen MR) is 99.9 cm³/mol. The minimum atomic E-state index is -0.601. The van der Waals surface area contributed by atoms with Gasteiger partial charge in [0.2, 0.25) is 0 Å². The molecule has 1 aliphatic heterocycles.